The van der Waals surface area contributed by atoms with Gasteiger partial charge >= 0.3 is 0 Å². The molecule has 0 spiro atoms. The lowest BCUT2D eigenvalue weighted by atomic mass is 9.71. The van der Waals surface area contributed by atoms with Gasteiger partial charge in [-0.05, 0) is 48.1 Å². The largest absolute Gasteiger partial charge is 0.385 e. The number of hydrogen-bond acceptors (Lipinski definition) is 1. The van der Waals surface area contributed by atoms with E-state index in [0.717, 1.165) is 25.7 Å². The Morgan fingerprint density at radius 2 is 1.94 bits per heavy atom. The molecule has 0 bridgehead atoms. The Labute approximate surface area is 111 Å². The molecule has 1 heteroatoms. The number of rotatable bonds is 2. The molecule has 0 heterocycles. The molecule has 1 N–H and O–H groups in total. The van der Waals surface area contributed by atoms with Crippen LogP contribution in [0.2, 0.25) is 0 Å². The third-order valence-electron chi connectivity index (χ3n) is 4.27. The van der Waals surface area contributed by atoms with E-state index in [9.17, 15) is 5.11 Å². The van der Waals surface area contributed by atoms with Crippen LogP contribution in [0.25, 0.3) is 0 Å². The number of benzene rings is 1. The molecule has 1 aliphatic carbocycles. The Morgan fingerprint density at radius 1 is 1.28 bits per heavy atom. The van der Waals surface area contributed by atoms with Gasteiger partial charge in [0.2, 0.25) is 0 Å². The van der Waals surface area contributed by atoms with Gasteiger partial charge in [0.05, 0.1) is 5.60 Å². The molecule has 1 aromatic rings. The molecular weight excluding hydrogens is 220 g/mol. The summed E-state index contributed by atoms with van der Waals surface area (Å²) in [6.07, 6.45) is 3.94. The molecule has 18 heavy (non-hydrogen) atoms. The smallest absolute Gasteiger partial charge is 0.0899 e. The first-order valence-corrected chi connectivity index (χ1v) is 7.14. The Kier molecular flexibility index (Phi) is 3.55. The van der Waals surface area contributed by atoms with E-state index < -0.39 is 5.60 Å². The van der Waals surface area contributed by atoms with Crippen molar-refractivity contribution >= 4 is 0 Å². The van der Waals surface area contributed by atoms with Gasteiger partial charge in [-0.2, -0.15) is 0 Å². The van der Waals surface area contributed by atoms with Gasteiger partial charge in [0.15, 0.2) is 0 Å². The standard InChI is InChI=1S/C17H26O/c1-13-9-10-17(18,12-11-16(2,3)4)15-8-6-5-7-14(13)15/h5-8,13,18H,9-12H2,1-4H3. The zero-order valence-corrected chi connectivity index (χ0v) is 12.2. The van der Waals surface area contributed by atoms with Crippen molar-refractivity contribution in [2.45, 2.75) is 64.9 Å². The van der Waals surface area contributed by atoms with E-state index in [2.05, 4.69) is 52.0 Å². The van der Waals surface area contributed by atoms with Crippen molar-refractivity contribution < 1.29 is 5.11 Å². The van der Waals surface area contributed by atoms with Crippen LogP contribution in [0, 0.1) is 5.41 Å². The van der Waals surface area contributed by atoms with Gasteiger partial charge in [-0.3, -0.25) is 0 Å². The van der Waals surface area contributed by atoms with E-state index in [4.69, 9.17) is 0 Å². The number of hydrogen-bond donors (Lipinski definition) is 1. The average Bonchev–Trinajstić information content (AvgIpc) is 2.32. The first-order valence-electron chi connectivity index (χ1n) is 7.14. The van der Waals surface area contributed by atoms with Crippen molar-refractivity contribution in [1.82, 2.24) is 0 Å². The third kappa shape index (κ3) is 2.77. The normalized spacial score (nSPS) is 27.9. The molecule has 1 aliphatic rings. The minimum Gasteiger partial charge on any atom is -0.385 e. The number of aliphatic hydroxyl groups is 1. The molecule has 0 aromatic heterocycles. The lowest BCUT2D eigenvalue weighted by Gasteiger charge is -2.38. The van der Waals surface area contributed by atoms with E-state index in [-0.39, 0.29) is 5.41 Å². The molecule has 1 nitrogen and oxygen atoms in total. The minimum absolute atomic E-state index is 0.285. The molecule has 0 saturated carbocycles. The van der Waals surface area contributed by atoms with Gasteiger partial charge in [-0.1, -0.05) is 52.0 Å². The summed E-state index contributed by atoms with van der Waals surface area (Å²) in [6.45, 7) is 9.00. The second kappa shape index (κ2) is 4.70. The van der Waals surface area contributed by atoms with Crippen molar-refractivity contribution in [3.63, 3.8) is 0 Å². The fraction of sp³-hybridized carbons (Fsp3) is 0.647. The Bertz CT molecular complexity index is 416. The lowest BCUT2D eigenvalue weighted by Crippen LogP contribution is -2.32. The molecule has 2 rings (SSSR count). The zero-order chi connectivity index (χ0) is 13.4. The molecular formula is C17H26O. The predicted octanol–water partition coefficient (Wildman–Crippen LogP) is 4.60. The first kappa shape index (κ1) is 13.6. The van der Waals surface area contributed by atoms with Gasteiger partial charge in [0.25, 0.3) is 0 Å². The van der Waals surface area contributed by atoms with Crippen molar-refractivity contribution in [3.8, 4) is 0 Å². The maximum atomic E-state index is 11.0. The van der Waals surface area contributed by atoms with Crippen LogP contribution in [-0.4, -0.2) is 5.11 Å². The Hall–Kier alpha value is -0.820. The molecule has 0 aliphatic heterocycles. The van der Waals surface area contributed by atoms with E-state index >= 15 is 0 Å². The van der Waals surface area contributed by atoms with Crippen molar-refractivity contribution in [1.29, 1.82) is 0 Å². The summed E-state index contributed by atoms with van der Waals surface area (Å²) < 4.78 is 0. The highest BCUT2D eigenvalue weighted by atomic mass is 16.3. The van der Waals surface area contributed by atoms with E-state index in [1.54, 1.807) is 0 Å². The molecule has 100 valence electrons. The molecule has 0 fully saturated rings. The van der Waals surface area contributed by atoms with Crippen molar-refractivity contribution in [3.05, 3.63) is 35.4 Å². The summed E-state index contributed by atoms with van der Waals surface area (Å²) in [7, 11) is 0. The molecule has 0 amide bonds. The minimum atomic E-state index is -0.601. The maximum absolute atomic E-state index is 11.0. The van der Waals surface area contributed by atoms with Gasteiger partial charge in [0.1, 0.15) is 0 Å². The third-order valence-corrected chi connectivity index (χ3v) is 4.27. The van der Waals surface area contributed by atoms with Crippen LogP contribution in [0.5, 0.6) is 0 Å². The van der Waals surface area contributed by atoms with Crippen LogP contribution in [-0.2, 0) is 5.60 Å². The second-order valence-corrected chi connectivity index (χ2v) is 7.12. The fourth-order valence-electron chi connectivity index (χ4n) is 2.94. The van der Waals surface area contributed by atoms with E-state index in [1.165, 1.54) is 11.1 Å². The highest BCUT2D eigenvalue weighted by Gasteiger charge is 2.37. The second-order valence-electron chi connectivity index (χ2n) is 7.12. The van der Waals surface area contributed by atoms with Crippen LogP contribution in [0.3, 0.4) is 0 Å². The summed E-state index contributed by atoms with van der Waals surface area (Å²) in [4.78, 5) is 0. The molecule has 0 saturated heterocycles. The Balaban J connectivity index is 2.27. The predicted molar refractivity (Wildman–Crippen MR) is 76.7 cm³/mol. The highest BCUT2D eigenvalue weighted by molar-refractivity contribution is 5.37. The fourth-order valence-corrected chi connectivity index (χ4v) is 2.94. The van der Waals surface area contributed by atoms with Gasteiger partial charge in [-0.25, -0.2) is 0 Å². The van der Waals surface area contributed by atoms with E-state index in [1.807, 2.05) is 0 Å². The maximum Gasteiger partial charge on any atom is 0.0899 e. The summed E-state index contributed by atoms with van der Waals surface area (Å²) >= 11 is 0. The SMILES string of the molecule is CC1CCC(O)(CCC(C)(C)C)c2ccccc21. The summed E-state index contributed by atoms with van der Waals surface area (Å²) in [5, 5.41) is 11.0. The van der Waals surface area contributed by atoms with Crippen LogP contribution in [0.15, 0.2) is 24.3 Å². The molecule has 2 unspecified atom stereocenters. The Morgan fingerprint density at radius 3 is 2.61 bits per heavy atom. The van der Waals surface area contributed by atoms with Gasteiger partial charge in [-0.15, -0.1) is 0 Å². The topological polar surface area (TPSA) is 20.2 Å². The first-order chi connectivity index (χ1) is 8.32. The molecule has 2 atom stereocenters. The summed E-state index contributed by atoms with van der Waals surface area (Å²) in [5.74, 6) is 0.580. The van der Waals surface area contributed by atoms with E-state index in [0.29, 0.717) is 5.92 Å². The van der Waals surface area contributed by atoms with Crippen LogP contribution in [0.1, 0.15) is 70.4 Å². The van der Waals surface area contributed by atoms with Gasteiger partial charge < -0.3 is 5.11 Å². The summed E-state index contributed by atoms with van der Waals surface area (Å²) in [6, 6.07) is 8.44. The average molecular weight is 246 g/mol. The van der Waals surface area contributed by atoms with Crippen molar-refractivity contribution in [2.24, 2.45) is 5.41 Å². The van der Waals surface area contributed by atoms with Crippen LogP contribution < -0.4 is 0 Å². The van der Waals surface area contributed by atoms with Crippen LogP contribution in [0.4, 0.5) is 0 Å². The molecule has 0 radical (unpaired) electrons. The summed E-state index contributed by atoms with van der Waals surface area (Å²) in [5.41, 5.74) is 2.21. The van der Waals surface area contributed by atoms with Gasteiger partial charge in [0, 0.05) is 0 Å². The quantitative estimate of drug-likeness (QED) is 0.808. The lowest BCUT2D eigenvalue weighted by molar-refractivity contribution is -0.00250. The zero-order valence-electron chi connectivity index (χ0n) is 12.2. The number of fused-ring (bicyclic) bond motifs is 1. The monoisotopic (exact) mass is 246 g/mol. The molecule has 1 aromatic carbocycles. The van der Waals surface area contributed by atoms with Crippen LogP contribution >= 0.6 is 0 Å². The van der Waals surface area contributed by atoms with Crippen molar-refractivity contribution in [2.75, 3.05) is 0 Å². The highest BCUT2D eigenvalue weighted by Crippen LogP contribution is 2.44.